The summed E-state index contributed by atoms with van der Waals surface area (Å²) < 4.78 is 5.21. The Morgan fingerprint density at radius 3 is 2.44 bits per heavy atom. The van der Waals surface area contributed by atoms with Crippen LogP contribution in [-0.2, 0) is 9.53 Å². The molecule has 6 nitrogen and oxygen atoms in total. The number of carboxylic acid groups (broad SMARTS) is 1. The molecule has 1 unspecified atom stereocenters. The number of carboxylic acids is 1. The van der Waals surface area contributed by atoms with Gasteiger partial charge in [-0.1, -0.05) is 6.92 Å². The zero-order valence-electron chi connectivity index (χ0n) is 9.95. The van der Waals surface area contributed by atoms with Crippen molar-refractivity contribution >= 4 is 12.0 Å². The third kappa shape index (κ3) is 7.05. The van der Waals surface area contributed by atoms with Gasteiger partial charge >= 0.3 is 12.0 Å². The Bertz CT molecular complexity index is 231. The van der Waals surface area contributed by atoms with Crippen molar-refractivity contribution in [3.8, 4) is 0 Å². The standard InChI is InChI=1S/C10H20N2O4/c1-4-8(9(13)14)12-10(15)11-5-6-16-7(2)3/h7-8H,4-6H2,1-3H3,(H,13,14)(H2,11,12,15). The number of carbonyl (C=O) groups is 2. The van der Waals surface area contributed by atoms with Gasteiger partial charge in [-0.05, 0) is 20.3 Å². The van der Waals surface area contributed by atoms with E-state index in [0.717, 1.165) is 0 Å². The zero-order valence-corrected chi connectivity index (χ0v) is 9.95. The van der Waals surface area contributed by atoms with Crippen LogP contribution in [0.5, 0.6) is 0 Å². The average Bonchev–Trinajstić information content (AvgIpc) is 2.20. The van der Waals surface area contributed by atoms with Gasteiger partial charge < -0.3 is 20.5 Å². The summed E-state index contributed by atoms with van der Waals surface area (Å²) in [6, 6.07) is -1.33. The highest BCUT2D eigenvalue weighted by Crippen LogP contribution is 1.90. The molecule has 0 bridgehead atoms. The van der Waals surface area contributed by atoms with Crippen LogP contribution < -0.4 is 10.6 Å². The van der Waals surface area contributed by atoms with E-state index in [2.05, 4.69) is 10.6 Å². The molecular formula is C10H20N2O4. The van der Waals surface area contributed by atoms with Crippen molar-refractivity contribution in [1.82, 2.24) is 10.6 Å². The van der Waals surface area contributed by atoms with Crippen LogP contribution in [-0.4, -0.2) is 42.4 Å². The number of carbonyl (C=O) groups excluding carboxylic acids is 1. The highest BCUT2D eigenvalue weighted by molar-refractivity contribution is 5.82. The Hall–Kier alpha value is -1.30. The van der Waals surface area contributed by atoms with Crippen LogP contribution >= 0.6 is 0 Å². The normalized spacial score (nSPS) is 12.2. The number of amides is 2. The molecule has 1 atom stereocenters. The zero-order chi connectivity index (χ0) is 12.6. The molecule has 0 saturated carbocycles. The second-order valence-electron chi connectivity index (χ2n) is 3.62. The Labute approximate surface area is 95.4 Å². The SMILES string of the molecule is CCC(NC(=O)NCCOC(C)C)C(=O)O. The van der Waals surface area contributed by atoms with E-state index in [9.17, 15) is 9.59 Å². The molecule has 0 rings (SSSR count). The molecule has 3 N–H and O–H groups in total. The van der Waals surface area contributed by atoms with Gasteiger partial charge in [-0.15, -0.1) is 0 Å². The number of hydrogen-bond acceptors (Lipinski definition) is 3. The molecule has 0 radical (unpaired) electrons. The minimum Gasteiger partial charge on any atom is -0.480 e. The maximum atomic E-state index is 11.2. The van der Waals surface area contributed by atoms with Crippen molar-refractivity contribution in [2.24, 2.45) is 0 Å². The summed E-state index contributed by atoms with van der Waals surface area (Å²) in [6.45, 7) is 6.27. The first-order valence-corrected chi connectivity index (χ1v) is 5.36. The lowest BCUT2D eigenvalue weighted by Crippen LogP contribution is -2.46. The Kier molecular flexibility index (Phi) is 7.28. The van der Waals surface area contributed by atoms with E-state index >= 15 is 0 Å². The molecule has 0 fully saturated rings. The fraction of sp³-hybridized carbons (Fsp3) is 0.800. The lowest BCUT2D eigenvalue weighted by Gasteiger charge is -2.13. The highest BCUT2D eigenvalue weighted by atomic mass is 16.5. The van der Waals surface area contributed by atoms with Crippen LogP contribution in [0.4, 0.5) is 4.79 Å². The smallest absolute Gasteiger partial charge is 0.326 e. The molecule has 0 aromatic carbocycles. The van der Waals surface area contributed by atoms with Crippen LogP contribution in [0, 0.1) is 0 Å². The molecule has 0 saturated heterocycles. The van der Waals surface area contributed by atoms with Gasteiger partial charge in [-0.3, -0.25) is 0 Å². The molecule has 6 heteroatoms. The van der Waals surface area contributed by atoms with Crippen molar-refractivity contribution in [3.05, 3.63) is 0 Å². The molecule has 0 aromatic rings. The predicted octanol–water partition coefficient (Wildman–Crippen LogP) is 0.574. The fourth-order valence-electron chi connectivity index (χ4n) is 1.01. The second-order valence-corrected chi connectivity index (χ2v) is 3.62. The number of urea groups is 1. The highest BCUT2D eigenvalue weighted by Gasteiger charge is 2.16. The van der Waals surface area contributed by atoms with Crippen molar-refractivity contribution in [2.45, 2.75) is 39.3 Å². The fourth-order valence-corrected chi connectivity index (χ4v) is 1.01. The lowest BCUT2D eigenvalue weighted by molar-refractivity contribution is -0.139. The van der Waals surface area contributed by atoms with E-state index < -0.39 is 18.0 Å². The topological polar surface area (TPSA) is 87.7 Å². The Morgan fingerprint density at radius 2 is 2.00 bits per heavy atom. The van der Waals surface area contributed by atoms with Gasteiger partial charge in [-0.2, -0.15) is 0 Å². The molecule has 0 aromatic heterocycles. The second kappa shape index (κ2) is 7.92. The van der Waals surface area contributed by atoms with Gasteiger partial charge in [0.05, 0.1) is 12.7 Å². The molecule has 0 aliphatic carbocycles. The van der Waals surface area contributed by atoms with Crippen molar-refractivity contribution in [2.75, 3.05) is 13.2 Å². The predicted molar refractivity (Wildman–Crippen MR) is 59.3 cm³/mol. The third-order valence-corrected chi connectivity index (χ3v) is 1.85. The van der Waals surface area contributed by atoms with Crippen LogP contribution in [0.2, 0.25) is 0 Å². The molecule has 2 amide bonds. The molecule has 94 valence electrons. The molecule has 0 aliphatic rings. The molecule has 16 heavy (non-hydrogen) atoms. The molecule has 0 spiro atoms. The van der Waals surface area contributed by atoms with Crippen LogP contribution in [0.1, 0.15) is 27.2 Å². The first-order valence-electron chi connectivity index (χ1n) is 5.36. The monoisotopic (exact) mass is 232 g/mol. The van der Waals surface area contributed by atoms with Gasteiger partial charge in [0.25, 0.3) is 0 Å². The van der Waals surface area contributed by atoms with E-state index in [1.54, 1.807) is 6.92 Å². The number of nitrogens with one attached hydrogen (secondary N) is 2. The maximum absolute atomic E-state index is 11.2. The van der Waals surface area contributed by atoms with E-state index in [1.165, 1.54) is 0 Å². The quantitative estimate of drug-likeness (QED) is 0.560. The number of ether oxygens (including phenoxy) is 1. The van der Waals surface area contributed by atoms with Crippen LogP contribution in [0.25, 0.3) is 0 Å². The number of aliphatic carboxylic acids is 1. The largest absolute Gasteiger partial charge is 0.480 e. The van der Waals surface area contributed by atoms with Crippen LogP contribution in [0.3, 0.4) is 0 Å². The molecule has 0 heterocycles. The van der Waals surface area contributed by atoms with Gasteiger partial charge in [0.2, 0.25) is 0 Å². The van der Waals surface area contributed by atoms with E-state index in [4.69, 9.17) is 9.84 Å². The van der Waals surface area contributed by atoms with E-state index in [-0.39, 0.29) is 6.10 Å². The summed E-state index contributed by atoms with van der Waals surface area (Å²) >= 11 is 0. The van der Waals surface area contributed by atoms with Gasteiger partial charge in [0.15, 0.2) is 0 Å². The van der Waals surface area contributed by atoms with Gasteiger partial charge in [-0.25, -0.2) is 9.59 Å². The van der Waals surface area contributed by atoms with Gasteiger partial charge in [0.1, 0.15) is 6.04 Å². The van der Waals surface area contributed by atoms with E-state index in [0.29, 0.717) is 19.6 Å². The Balaban J connectivity index is 3.69. The number of hydrogen-bond donors (Lipinski definition) is 3. The third-order valence-electron chi connectivity index (χ3n) is 1.85. The summed E-state index contributed by atoms with van der Waals surface area (Å²) in [5, 5.41) is 13.6. The molecule has 0 aliphatic heterocycles. The van der Waals surface area contributed by atoms with Crippen molar-refractivity contribution in [3.63, 3.8) is 0 Å². The first kappa shape index (κ1) is 14.7. The van der Waals surface area contributed by atoms with E-state index in [1.807, 2.05) is 13.8 Å². The summed E-state index contributed by atoms with van der Waals surface area (Å²) in [5.74, 6) is -1.03. The summed E-state index contributed by atoms with van der Waals surface area (Å²) in [5.41, 5.74) is 0. The average molecular weight is 232 g/mol. The first-order chi connectivity index (χ1) is 7.47. The summed E-state index contributed by atoms with van der Waals surface area (Å²) in [7, 11) is 0. The lowest BCUT2D eigenvalue weighted by atomic mass is 10.2. The minimum absolute atomic E-state index is 0.118. The summed E-state index contributed by atoms with van der Waals surface area (Å²) in [6.07, 6.45) is 0.470. The van der Waals surface area contributed by atoms with Crippen molar-refractivity contribution < 1.29 is 19.4 Å². The maximum Gasteiger partial charge on any atom is 0.326 e. The van der Waals surface area contributed by atoms with Crippen LogP contribution in [0.15, 0.2) is 0 Å². The molecular weight excluding hydrogens is 212 g/mol. The number of rotatable bonds is 7. The van der Waals surface area contributed by atoms with Gasteiger partial charge in [0, 0.05) is 6.54 Å². The Morgan fingerprint density at radius 1 is 1.38 bits per heavy atom. The minimum atomic E-state index is -1.03. The summed E-state index contributed by atoms with van der Waals surface area (Å²) in [4.78, 5) is 21.8. The van der Waals surface area contributed by atoms with Crippen molar-refractivity contribution in [1.29, 1.82) is 0 Å².